The highest BCUT2D eigenvalue weighted by atomic mass is 16.5. The van der Waals surface area contributed by atoms with Gasteiger partial charge in [-0.25, -0.2) is 0 Å². The highest BCUT2D eigenvalue weighted by Gasteiger charge is 2.20. The van der Waals surface area contributed by atoms with Gasteiger partial charge in [0, 0.05) is 19.3 Å². The highest BCUT2D eigenvalue weighted by molar-refractivity contribution is 6.09. The van der Waals surface area contributed by atoms with Crippen molar-refractivity contribution in [2.24, 2.45) is 7.05 Å². The summed E-state index contributed by atoms with van der Waals surface area (Å²) in [5.41, 5.74) is 0.672. The summed E-state index contributed by atoms with van der Waals surface area (Å²) in [6.07, 6.45) is 3.08. The summed E-state index contributed by atoms with van der Waals surface area (Å²) in [6.45, 7) is 0.210. The van der Waals surface area contributed by atoms with Crippen molar-refractivity contribution in [3.05, 3.63) is 59.8 Å². The molecule has 0 spiro atoms. The van der Waals surface area contributed by atoms with E-state index in [-0.39, 0.29) is 17.9 Å². The minimum absolute atomic E-state index is 0.0925. The molecule has 0 radical (unpaired) electrons. The lowest BCUT2D eigenvalue weighted by Gasteiger charge is -2.10. The van der Waals surface area contributed by atoms with Gasteiger partial charge >= 0.3 is 0 Å². The SMILES string of the molecule is COc1ccc(C(=O)Nc2cn(C)nc2C(=O)NCc2ccco2)c(OC)c1. The average molecular weight is 384 g/mol. The Bertz CT molecular complexity index is 978. The number of ether oxygens (including phenoxy) is 2. The first-order valence-corrected chi connectivity index (χ1v) is 8.39. The van der Waals surface area contributed by atoms with E-state index in [0.717, 1.165) is 0 Å². The van der Waals surface area contributed by atoms with Gasteiger partial charge in [0.05, 0.1) is 38.3 Å². The predicted octanol–water partition coefficient (Wildman–Crippen LogP) is 2.21. The first-order chi connectivity index (χ1) is 13.5. The molecule has 2 heterocycles. The second-order valence-corrected chi connectivity index (χ2v) is 5.85. The van der Waals surface area contributed by atoms with Crippen LogP contribution >= 0.6 is 0 Å². The second kappa shape index (κ2) is 8.30. The minimum Gasteiger partial charge on any atom is -0.497 e. The number of benzene rings is 1. The minimum atomic E-state index is -0.437. The first kappa shape index (κ1) is 19.0. The number of hydrogen-bond donors (Lipinski definition) is 2. The summed E-state index contributed by atoms with van der Waals surface area (Å²) in [4.78, 5) is 25.2. The van der Waals surface area contributed by atoms with Gasteiger partial charge in [-0.1, -0.05) is 0 Å². The number of nitrogens with zero attached hydrogens (tertiary/aromatic N) is 2. The van der Waals surface area contributed by atoms with E-state index in [0.29, 0.717) is 22.8 Å². The molecule has 0 fully saturated rings. The van der Waals surface area contributed by atoms with E-state index >= 15 is 0 Å². The zero-order valence-electron chi connectivity index (χ0n) is 15.7. The van der Waals surface area contributed by atoms with Gasteiger partial charge in [-0.3, -0.25) is 14.3 Å². The standard InChI is InChI=1S/C19H20N4O5/c1-23-11-15(17(22-23)19(25)20-10-13-5-4-8-28-13)21-18(24)14-7-6-12(26-2)9-16(14)27-3/h4-9,11H,10H2,1-3H3,(H,20,25)(H,21,24). The van der Waals surface area contributed by atoms with Crippen LogP contribution < -0.4 is 20.1 Å². The fraction of sp³-hybridized carbons (Fsp3) is 0.211. The van der Waals surface area contributed by atoms with E-state index in [1.807, 2.05) is 0 Å². The molecule has 0 bridgehead atoms. The van der Waals surface area contributed by atoms with Crippen LogP contribution in [0, 0.1) is 0 Å². The first-order valence-electron chi connectivity index (χ1n) is 8.39. The van der Waals surface area contributed by atoms with Crippen molar-refractivity contribution in [1.29, 1.82) is 0 Å². The molecule has 28 heavy (non-hydrogen) atoms. The molecule has 0 saturated carbocycles. The van der Waals surface area contributed by atoms with Crippen molar-refractivity contribution in [2.75, 3.05) is 19.5 Å². The number of aromatic nitrogens is 2. The normalized spacial score (nSPS) is 10.4. The summed E-state index contributed by atoms with van der Waals surface area (Å²) in [5.74, 6) is 0.650. The molecule has 0 unspecified atom stereocenters. The Morgan fingerprint density at radius 2 is 2.00 bits per heavy atom. The summed E-state index contributed by atoms with van der Waals surface area (Å²) in [6, 6.07) is 8.32. The molecule has 0 aliphatic carbocycles. The lowest BCUT2D eigenvalue weighted by molar-refractivity contribution is 0.0943. The van der Waals surface area contributed by atoms with Gasteiger partial charge < -0.3 is 24.5 Å². The lowest BCUT2D eigenvalue weighted by atomic mass is 10.1. The van der Waals surface area contributed by atoms with Crippen molar-refractivity contribution in [1.82, 2.24) is 15.1 Å². The predicted molar refractivity (Wildman–Crippen MR) is 101 cm³/mol. The Morgan fingerprint density at radius 3 is 2.68 bits per heavy atom. The van der Waals surface area contributed by atoms with Crippen molar-refractivity contribution in [3.63, 3.8) is 0 Å². The molecule has 9 heteroatoms. The van der Waals surface area contributed by atoms with Crippen LogP contribution in [-0.2, 0) is 13.6 Å². The number of carbonyl (C=O) groups excluding carboxylic acids is 2. The van der Waals surface area contributed by atoms with Crippen LogP contribution in [0.4, 0.5) is 5.69 Å². The van der Waals surface area contributed by atoms with Gasteiger partial charge in [-0.05, 0) is 24.3 Å². The molecular weight excluding hydrogens is 364 g/mol. The highest BCUT2D eigenvalue weighted by Crippen LogP contribution is 2.26. The third-order valence-corrected chi connectivity index (χ3v) is 3.95. The summed E-state index contributed by atoms with van der Waals surface area (Å²) in [5, 5.41) is 9.55. The number of anilines is 1. The van der Waals surface area contributed by atoms with Gasteiger partial charge in [0.1, 0.15) is 17.3 Å². The van der Waals surface area contributed by atoms with Crippen molar-refractivity contribution in [3.8, 4) is 11.5 Å². The molecule has 0 aliphatic rings. The fourth-order valence-electron chi connectivity index (χ4n) is 2.59. The van der Waals surface area contributed by atoms with E-state index in [4.69, 9.17) is 13.9 Å². The molecule has 2 aromatic heterocycles. The zero-order chi connectivity index (χ0) is 20.1. The number of furan rings is 1. The van der Waals surface area contributed by atoms with Crippen LogP contribution in [0.15, 0.2) is 47.2 Å². The summed E-state index contributed by atoms with van der Waals surface area (Å²) >= 11 is 0. The molecule has 3 aromatic rings. The summed E-state index contributed by atoms with van der Waals surface area (Å²) < 4.78 is 17.0. The Morgan fingerprint density at radius 1 is 1.18 bits per heavy atom. The molecular formula is C19H20N4O5. The van der Waals surface area contributed by atoms with Crippen molar-refractivity contribution in [2.45, 2.75) is 6.54 Å². The lowest BCUT2D eigenvalue weighted by Crippen LogP contribution is -2.25. The van der Waals surface area contributed by atoms with E-state index < -0.39 is 11.8 Å². The molecule has 1 aromatic carbocycles. The van der Waals surface area contributed by atoms with Crippen LogP contribution in [-0.4, -0.2) is 35.8 Å². The Labute approximate surface area is 161 Å². The number of methoxy groups -OCH3 is 2. The van der Waals surface area contributed by atoms with Gasteiger partial charge in [-0.15, -0.1) is 0 Å². The van der Waals surface area contributed by atoms with Gasteiger partial charge in [0.15, 0.2) is 5.69 Å². The van der Waals surface area contributed by atoms with Crippen molar-refractivity contribution < 1.29 is 23.5 Å². The molecule has 146 valence electrons. The van der Waals surface area contributed by atoms with E-state index in [2.05, 4.69) is 15.7 Å². The molecule has 2 N–H and O–H groups in total. The third-order valence-electron chi connectivity index (χ3n) is 3.95. The van der Waals surface area contributed by atoms with Gasteiger partial charge in [0.2, 0.25) is 0 Å². The Balaban J connectivity index is 1.77. The van der Waals surface area contributed by atoms with Crippen LogP contribution in [0.3, 0.4) is 0 Å². The molecule has 2 amide bonds. The molecule has 0 aliphatic heterocycles. The smallest absolute Gasteiger partial charge is 0.274 e. The molecule has 9 nitrogen and oxygen atoms in total. The number of aryl methyl sites for hydroxylation is 1. The number of amides is 2. The van der Waals surface area contributed by atoms with E-state index in [9.17, 15) is 9.59 Å². The summed E-state index contributed by atoms with van der Waals surface area (Å²) in [7, 11) is 4.65. The van der Waals surface area contributed by atoms with Crippen LogP contribution in [0.5, 0.6) is 11.5 Å². The molecule has 0 saturated heterocycles. The van der Waals surface area contributed by atoms with Crippen LogP contribution in [0.2, 0.25) is 0 Å². The van der Waals surface area contributed by atoms with Gasteiger partial charge in [0.25, 0.3) is 11.8 Å². The van der Waals surface area contributed by atoms with E-state index in [1.165, 1.54) is 25.2 Å². The van der Waals surface area contributed by atoms with Crippen LogP contribution in [0.1, 0.15) is 26.6 Å². The molecule has 0 atom stereocenters. The second-order valence-electron chi connectivity index (χ2n) is 5.85. The zero-order valence-corrected chi connectivity index (χ0v) is 15.7. The maximum Gasteiger partial charge on any atom is 0.274 e. The number of carbonyl (C=O) groups is 2. The maximum atomic E-state index is 12.7. The topological polar surface area (TPSA) is 108 Å². The molecule has 3 rings (SSSR count). The van der Waals surface area contributed by atoms with E-state index in [1.54, 1.807) is 43.6 Å². The van der Waals surface area contributed by atoms with Gasteiger partial charge in [-0.2, -0.15) is 5.10 Å². The number of rotatable bonds is 7. The third kappa shape index (κ3) is 4.14. The Kier molecular flexibility index (Phi) is 5.64. The quantitative estimate of drug-likeness (QED) is 0.647. The number of hydrogen-bond acceptors (Lipinski definition) is 6. The van der Waals surface area contributed by atoms with Crippen LogP contribution in [0.25, 0.3) is 0 Å². The fourth-order valence-corrected chi connectivity index (χ4v) is 2.59. The Hall–Kier alpha value is -3.75. The van der Waals surface area contributed by atoms with Crippen molar-refractivity contribution >= 4 is 17.5 Å². The largest absolute Gasteiger partial charge is 0.497 e. The number of nitrogens with one attached hydrogen (secondary N) is 2. The monoisotopic (exact) mass is 384 g/mol. The maximum absolute atomic E-state index is 12.7. The average Bonchev–Trinajstić information content (AvgIpc) is 3.35.